The minimum atomic E-state index is 0.256. The standard InChI is InChI=1S/C20H16BrN3O2S/c1-2-9-22-20-24(17(12-27-20)15-5-3-4-6-16(15)21)23-11-14-7-8-18-19(10-14)26-13-25-18/h2-8,10-12H,1,9,13H2. The van der Waals surface area contributed by atoms with Crippen molar-refractivity contribution >= 4 is 33.5 Å². The lowest BCUT2D eigenvalue weighted by atomic mass is 10.2. The highest BCUT2D eigenvalue weighted by atomic mass is 79.9. The molecule has 0 saturated heterocycles. The highest BCUT2D eigenvalue weighted by Gasteiger charge is 2.13. The number of rotatable bonds is 5. The van der Waals surface area contributed by atoms with Crippen LogP contribution < -0.4 is 14.3 Å². The SMILES string of the molecule is C=CCN=c1scc(-c2ccccc2Br)n1N=Cc1ccc2c(c1)OCO2. The highest BCUT2D eigenvalue weighted by Crippen LogP contribution is 2.32. The Labute approximate surface area is 169 Å². The zero-order chi connectivity index (χ0) is 18.6. The Bertz CT molecular complexity index is 1080. The Morgan fingerprint density at radius 1 is 1.19 bits per heavy atom. The Balaban J connectivity index is 1.77. The molecule has 0 unspecified atom stereocenters. The van der Waals surface area contributed by atoms with E-state index in [0.717, 1.165) is 37.6 Å². The van der Waals surface area contributed by atoms with Crippen LogP contribution >= 0.6 is 27.3 Å². The number of thiazole rings is 1. The summed E-state index contributed by atoms with van der Waals surface area (Å²) in [6.45, 7) is 4.53. The minimum absolute atomic E-state index is 0.256. The van der Waals surface area contributed by atoms with E-state index < -0.39 is 0 Å². The van der Waals surface area contributed by atoms with Crippen LogP contribution in [-0.2, 0) is 0 Å². The molecule has 136 valence electrons. The van der Waals surface area contributed by atoms with E-state index in [9.17, 15) is 0 Å². The van der Waals surface area contributed by atoms with E-state index >= 15 is 0 Å². The maximum atomic E-state index is 5.44. The molecule has 2 aromatic carbocycles. The average molecular weight is 442 g/mol. The van der Waals surface area contributed by atoms with Gasteiger partial charge in [0.1, 0.15) is 0 Å². The van der Waals surface area contributed by atoms with Gasteiger partial charge < -0.3 is 9.47 Å². The van der Waals surface area contributed by atoms with E-state index in [4.69, 9.17) is 9.47 Å². The smallest absolute Gasteiger partial charge is 0.231 e. The van der Waals surface area contributed by atoms with Crippen LogP contribution in [0.25, 0.3) is 11.3 Å². The summed E-state index contributed by atoms with van der Waals surface area (Å²) in [6.07, 6.45) is 3.56. The first-order valence-corrected chi connectivity index (χ1v) is 9.94. The van der Waals surface area contributed by atoms with Gasteiger partial charge in [0.05, 0.1) is 18.5 Å². The lowest BCUT2D eigenvalue weighted by Gasteiger charge is -2.05. The minimum Gasteiger partial charge on any atom is -0.454 e. The van der Waals surface area contributed by atoms with Gasteiger partial charge >= 0.3 is 0 Å². The van der Waals surface area contributed by atoms with Gasteiger partial charge in [0.2, 0.25) is 11.6 Å². The van der Waals surface area contributed by atoms with Crippen molar-refractivity contribution in [1.29, 1.82) is 0 Å². The van der Waals surface area contributed by atoms with Crippen molar-refractivity contribution < 1.29 is 9.47 Å². The van der Waals surface area contributed by atoms with Crippen molar-refractivity contribution in [2.45, 2.75) is 0 Å². The van der Waals surface area contributed by atoms with Crippen LogP contribution in [0.1, 0.15) is 5.56 Å². The lowest BCUT2D eigenvalue weighted by molar-refractivity contribution is 0.174. The third-order valence-corrected chi connectivity index (χ3v) is 5.46. The van der Waals surface area contributed by atoms with Gasteiger partial charge in [-0.05, 0) is 29.8 Å². The average Bonchev–Trinajstić information content (AvgIpc) is 3.31. The molecule has 0 N–H and O–H groups in total. The normalized spacial score (nSPS) is 13.4. The fourth-order valence-electron chi connectivity index (χ4n) is 2.63. The van der Waals surface area contributed by atoms with E-state index in [1.807, 2.05) is 41.1 Å². The van der Waals surface area contributed by atoms with Crippen molar-refractivity contribution in [1.82, 2.24) is 4.68 Å². The van der Waals surface area contributed by atoms with Crippen LogP contribution in [-0.4, -0.2) is 24.2 Å². The molecule has 0 saturated carbocycles. The molecular weight excluding hydrogens is 426 g/mol. The van der Waals surface area contributed by atoms with Crippen molar-refractivity contribution in [2.24, 2.45) is 10.1 Å². The predicted molar refractivity (Wildman–Crippen MR) is 112 cm³/mol. The molecule has 0 fully saturated rings. The van der Waals surface area contributed by atoms with E-state index in [2.05, 4.69) is 44.0 Å². The van der Waals surface area contributed by atoms with Crippen molar-refractivity contribution in [3.05, 3.63) is 75.3 Å². The second-order valence-electron chi connectivity index (χ2n) is 5.68. The first-order chi connectivity index (χ1) is 13.3. The summed E-state index contributed by atoms with van der Waals surface area (Å²) in [5, 5.41) is 6.74. The van der Waals surface area contributed by atoms with E-state index in [1.54, 1.807) is 23.6 Å². The molecule has 1 aliphatic heterocycles. The molecule has 0 aliphatic carbocycles. The lowest BCUT2D eigenvalue weighted by Crippen LogP contribution is -2.12. The van der Waals surface area contributed by atoms with Gasteiger partial charge in [0.15, 0.2) is 11.5 Å². The van der Waals surface area contributed by atoms with Crippen LogP contribution in [0.15, 0.2) is 75.1 Å². The molecule has 27 heavy (non-hydrogen) atoms. The van der Waals surface area contributed by atoms with Crippen LogP contribution in [0, 0.1) is 0 Å². The number of aromatic nitrogens is 1. The molecular formula is C20H16BrN3O2S. The van der Waals surface area contributed by atoms with Crippen LogP contribution in [0.2, 0.25) is 0 Å². The largest absolute Gasteiger partial charge is 0.454 e. The Morgan fingerprint density at radius 2 is 2.04 bits per heavy atom. The number of ether oxygens (including phenoxy) is 2. The van der Waals surface area contributed by atoms with Gasteiger partial charge in [-0.25, -0.2) is 4.68 Å². The number of hydrogen-bond donors (Lipinski definition) is 0. The third kappa shape index (κ3) is 3.74. The predicted octanol–water partition coefficient (Wildman–Crippen LogP) is 4.68. The second kappa shape index (κ2) is 7.94. The number of benzene rings is 2. The first kappa shape index (κ1) is 17.8. The Kier molecular flexibility index (Phi) is 5.22. The number of nitrogens with zero attached hydrogens (tertiary/aromatic N) is 3. The molecule has 2 heterocycles. The van der Waals surface area contributed by atoms with Crippen molar-refractivity contribution in [3.63, 3.8) is 0 Å². The summed E-state index contributed by atoms with van der Waals surface area (Å²) in [5.41, 5.74) is 2.94. The molecule has 7 heteroatoms. The van der Waals surface area contributed by atoms with Gasteiger partial charge in [-0.1, -0.05) is 40.2 Å². The molecule has 3 aromatic rings. The van der Waals surface area contributed by atoms with Gasteiger partial charge in [0.25, 0.3) is 0 Å². The topological polar surface area (TPSA) is 48.1 Å². The van der Waals surface area contributed by atoms with E-state index in [1.165, 1.54) is 0 Å². The zero-order valence-electron chi connectivity index (χ0n) is 14.3. The fourth-order valence-corrected chi connectivity index (χ4v) is 3.96. The first-order valence-electron chi connectivity index (χ1n) is 8.27. The summed E-state index contributed by atoms with van der Waals surface area (Å²) in [5.74, 6) is 1.49. The van der Waals surface area contributed by atoms with Crippen molar-refractivity contribution in [3.8, 4) is 22.8 Å². The van der Waals surface area contributed by atoms with Gasteiger partial charge in [-0.2, -0.15) is 5.10 Å². The summed E-state index contributed by atoms with van der Waals surface area (Å²) in [7, 11) is 0. The molecule has 4 rings (SSSR count). The number of fused-ring (bicyclic) bond motifs is 1. The molecule has 0 spiro atoms. The zero-order valence-corrected chi connectivity index (χ0v) is 16.7. The van der Waals surface area contributed by atoms with E-state index in [0.29, 0.717) is 6.54 Å². The molecule has 1 aromatic heterocycles. The third-order valence-electron chi connectivity index (χ3n) is 3.91. The maximum absolute atomic E-state index is 5.44. The molecule has 5 nitrogen and oxygen atoms in total. The maximum Gasteiger partial charge on any atom is 0.231 e. The van der Waals surface area contributed by atoms with E-state index in [-0.39, 0.29) is 6.79 Å². The molecule has 0 bridgehead atoms. The summed E-state index contributed by atoms with van der Waals surface area (Å²) in [6, 6.07) is 13.8. The Hall–Kier alpha value is -2.64. The fraction of sp³-hybridized carbons (Fsp3) is 0.100. The molecule has 0 radical (unpaired) electrons. The number of halogens is 1. The Morgan fingerprint density at radius 3 is 2.89 bits per heavy atom. The summed E-state index contributed by atoms with van der Waals surface area (Å²) in [4.78, 5) is 5.36. The molecule has 1 aliphatic rings. The van der Waals surface area contributed by atoms with Crippen LogP contribution in [0.4, 0.5) is 0 Å². The quantitative estimate of drug-likeness (QED) is 0.426. The number of hydrogen-bond acceptors (Lipinski definition) is 5. The molecule has 0 amide bonds. The van der Waals surface area contributed by atoms with Crippen LogP contribution in [0.5, 0.6) is 11.5 Å². The van der Waals surface area contributed by atoms with Gasteiger partial charge in [-0.15, -0.1) is 17.9 Å². The molecule has 0 atom stereocenters. The summed E-state index contributed by atoms with van der Waals surface area (Å²) >= 11 is 5.17. The monoisotopic (exact) mass is 441 g/mol. The summed E-state index contributed by atoms with van der Waals surface area (Å²) < 4.78 is 13.6. The van der Waals surface area contributed by atoms with Gasteiger partial charge in [-0.3, -0.25) is 4.99 Å². The van der Waals surface area contributed by atoms with Crippen molar-refractivity contribution in [2.75, 3.05) is 13.3 Å². The van der Waals surface area contributed by atoms with Gasteiger partial charge in [0, 0.05) is 15.4 Å². The van der Waals surface area contributed by atoms with Crippen LogP contribution in [0.3, 0.4) is 0 Å². The second-order valence-corrected chi connectivity index (χ2v) is 7.37. The highest BCUT2D eigenvalue weighted by molar-refractivity contribution is 9.10.